The average Bonchev–Trinajstić information content (AvgIpc) is 2.66. The van der Waals surface area contributed by atoms with Crippen LogP contribution in [0.5, 0.6) is 5.75 Å². The van der Waals surface area contributed by atoms with Gasteiger partial charge in [0.1, 0.15) is 5.75 Å². The van der Waals surface area contributed by atoms with E-state index in [1.54, 1.807) is 13.2 Å². The standard InChI is InChI=1S/C23H24N2O2/c1-16-11-17(2)13-18(12-16)15-24-21-14-19(9-10-22(21)27-3)23(26)25-20-7-5-4-6-8-20/h4-14,24H,15H2,1-3H3,(H,25,26). The van der Waals surface area contributed by atoms with Crippen molar-refractivity contribution in [3.63, 3.8) is 0 Å². The van der Waals surface area contributed by atoms with E-state index in [2.05, 4.69) is 42.7 Å². The van der Waals surface area contributed by atoms with Crippen LogP contribution < -0.4 is 15.4 Å². The smallest absolute Gasteiger partial charge is 0.255 e. The molecule has 0 atom stereocenters. The highest BCUT2D eigenvalue weighted by Crippen LogP contribution is 2.27. The molecule has 3 rings (SSSR count). The lowest BCUT2D eigenvalue weighted by Crippen LogP contribution is -2.12. The van der Waals surface area contributed by atoms with E-state index in [4.69, 9.17) is 4.74 Å². The number of hydrogen-bond donors (Lipinski definition) is 2. The molecule has 0 saturated carbocycles. The molecule has 0 bridgehead atoms. The summed E-state index contributed by atoms with van der Waals surface area (Å²) in [7, 11) is 1.63. The Labute approximate surface area is 160 Å². The summed E-state index contributed by atoms with van der Waals surface area (Å²) in [5.74, 6) is 0.550. The monoisotopic (exact) mass is 360 g/mol. The molecule has 3 aromatic carbocycles. The van der Waals surface area contributed by atoms with Crippen LogP contribution >= 0.6 is 0 Å². The summed E-state index contributed by atoms with van der Waals surface area (Å²) in [5, 5.41) is 6.29. The predicted molar refractivity (Wildman–Crippen MR) is 111 cm³/mol. The predicted octanol–water partition coefficient (Wildman–Crippen LogP) is 5.18. The molecule has 138 valence electrons. The Hall–Kier alpha value is -3.27. The van der Waals surface area contributed by atoms with Crippen molar-refractivity contribution in [2.75, 3.05) is 17.7 Å². The van der Waals surface area contributed by atoms with Crippen molar-refractivity contribution in [2.24, 2.45) is 0 Å². The van der Waals surface area contributed by atoms with Crippen molar-refractivity contribution in [1.29, 1.82) is 0 Å². The summed E-state index contributed by atoms with van der Waals surface area (Å²) < 4.78 is 5.44. The van der Waals surface area contributed by atoms with Gasteiger partial charge in [0.25, 0.3) is 5.91 Å². The highest BCUT2D eigenvalue weighted by molar-refractivity contribution is 6.05. The fraction of sp³-hybridized carbons (Fsp3) is 0.174. The normalized spacial score (nSPS) is 10.3. The van der Waals surface area contributed by atoms with Gasteiger partial charge < -0.3 is 15.4 Å². The maximum absolute atomic E-state index is 12.5. The Balaban J connectivity index is 1.77. The Kier molecular flexibility index (Phi) is 5.77. The summed E-state index contributed by atoms with van der Waals surface area (Å²) in [6.07, 6.45) is 0. The Bertz CT molecular complexity index is 916. The number of amides is 1. The number of anilines is 2. The maximum Gasteiger partial charge on any atom is 0.255 e. The molecule has 0 aliphatic heterocycles. The van der Waals surface area contributed by atoms with E-state index in [0.717, 1.165) is 11.4 Å². The van der Waals surface area contributed by atoms with Gasteiger partial charge in [0, 0.05) is 17.8 Å². The zero-order valence-electron chi connectivity index (χ0n) is 15.9. The molecular formula is C23H24N2O2. The Morgan fingerprint density at radius 3 is 2.30 bits per heavy atom. The van der Waals surface area contributed by atoms with Gasteiger partial charge >= 0.3 is 0 Å². The highest BCUT2D eigenvalue weighted by Gasteiger charge is 2.11. The van der Waals surface area contributed by atoms with Gasteiger partial charge in [-0.3, -0.25) is 4.79 Å². The third-order valence-corrected chi connectivity index (χ3v) is 4.26. The number of aryl methyl sites for hydroxylation is 2. The van der Waals surface area contributed by atoms with E-state index in [0.29, 0.717) is 17.9 Å². The molecule has 0 fully saturated rings. The van der Waals surface area contributed by atoms with Gasteiger partial charge in [-0.25, -0.2) is 0 Å². The number of para-hydroxylation sites is 1. The zero-order valence-corrected chi connectivity index (χ0v) is 15.9. The fourth-order valence-electron chi connectivity index (χ4n) is 3.08. The van der Waals surface area contributed by atoms with Crippen LogP contribution in [0.3, 0.4) is 0 Å². The first-order valence-electron chi connectivity index (χ1n) is 8.90. The van der Waals surface area contributed by atoms with Gasteiger partial charge in [-0.15, -0.1) is 0 Å². The van der Waals surface area contributed by atoms with E-state index >= 15 is 0 Å². The van der Waals surface area contributed by atoms with Crippen LogP contribution in [0.25, 0.3) is 0 Å². The molecule has 0 heterocycles. The summed E-state index contributed by atoms with van der Waals surface area (Å²) in [6, 6.07) is 21.3. The molecule has 2 N–H and O–H groups in total. The number of carbonyl (C=O) groups is 1. The minimum atomic E-state index is -0.154. The molecule has 0 spiro atoms. The summed E-state index contributed by atoms with van der Waals surface area (Å²) >= 11 is 0. The van der Waals surface area contributed by atoms with Crippen molar-refractivity contribution in [1.82, 2.24) is 0 Å². The van der Waals surface area contributed by atoms with E-state index in [1.165, 1.54) is 16.7 Å². The van der Waals surface area contributed by atoms with Gasteiger partial charge in [-0.1, -0.05) is 47.5 Å². The van der Waals surface area contributed by atoms with Gasteiger partial charge in [0.15, 0.2) is 0 Å². The van der Waals surface area contributed by atoms with Crippen molar-refractivity contribution in [3.8, 4) is 5.75 Å². The number of benzene rings is 3. The van der Waals surface area contributed by atoms with Crippen LogP contribution in [-0.2, 0) is 6.54 Å². The van der Waals surface area contributed by atoms with Crippen molar-refractivity contribution in [2.45, 2.75) is 20.4 Å². The molecule has 4 heteroatoms. The first kappa shape index (κ1) is 18.5. The van der Waals surface area contributed by atoms with E-state index < -0.39 is 0 Å². The highest BCUT2D eigenvalue weighted by atomic mass is 16.5. The lowest BCUT2D eigenvalue weighted by molar-refractivity contribution is 0.102. The Morgan fingerprint density at radius 2 is 1.63 bits per heavy atom. The van der Waals surface area contributed by atoms with Crippen LogP contribution in [0, 0.1) is 13.8 Å². The van der Waals surface area contributed by atoms with E-state index in [9.17, 15) is 4.79 Å². The van der Waals surface area contributed by atoms with Crippen molar-refractivity contribution >= 4 is 17.3 Å². The molecule has 0 unspecified atom stereocenters. The van der Waals surface area contributed by atoms with Crippen LogP contribution in [0.2, 0.25) is 0 Å². The van der Waals surface area contributed by atoms with Crippen molar-refractivity contribution in [3.05, 3.63) is 89.0 Å². The lowest BCUT2D eigenvalue weighted by atomic mass is 10.1. The van der Waals surface area contributed by atoms with Gasteiger partial charge in [0.2, 0.25) is 0 Å². The van der Waals surface area contributed by atoms with Crippen molar-refractivity contribution < 1.29 is 9.53 Å². The maximum atomic E-state index is 12.5. The van der Waals surface area contributed by atoms with Gasteiger partial charge in [-0.05, 0) is 49.7 Å². The third kappa shape index (κ3) is 4.88. The van der Waals surface area contributed by atoms with E-state index in [1.807, 2.05) is 42.5 Å². The number of rotatable bonds is 6. The molecule has 0 aliphatic rings. The zero-order chi connectivity index (χ0) is 19.2. The molecule has 1 amide bonds. The van der Waals surface area contributed by atoms with Crippen LogP contribution in [-0.4, -0.2) is 13.0 Å². The second-order valence-corrected chi connectivity index (χ2v) is 6.58. The first-order valence-corrected chi connectivity index (χ1v) is 8.90. The third-order valence-electron chi connectivity index (χ3n) is 4.26. The van der Waals surface area contributed by atoms with Crippen LogP contribution in [0.4, 0.5) is 11.4 Å². The molecule has 0 aromatic heterocycles. The number of methoxy groups -OCH3 is 1. The lowest BCUT2D eigenvalue weighted by Gasteiger charge is -2.14. The number of ether oxygens (including phenoxy) is 1. The number of hydrogen-bond acceptors (Lipinski definition) is 3. The average molecular weight is 360 g/mol. The quantitative estimate of drug-likeness (QED) is 0.637. The van der Waals surface area contributed by atoms with Gasteiger partial charge in [0.05, 0.1) is 12.8 Å². The SMILES string of the molecule is COc1ccc(C(=O)Nc2ccccc2)cc1NCc1cc(C)cc(C)c1. The summed E-state index contributed by atoms with van der Waals surface area (Å²) in [6.45, 7) is 4.83. The topological polar surface area (TPSA) is 50.4 Å². The fourth-order valence-corrected chi connectivity index (χ4v) is 3.08. The van der Waals surface area contributed by atoms with Crippen LogP contribution in [0.1, 0.15) is 27.0 Å². The molecule has 0 radical (unpaired) electrons. The first-order chi connectivity index (χ1) is 13.0. The molecule has 4 nitrogen and oxygen atoms in total. The molecule has 3 aromatic rings. The second kappa shape index (κ2) is 8.41. The minimum absolute atomic E-state index is 0.154. The molecule has 27 heavy (non-hydrogen) atoms. The number of nitrogens with one attached hydrogen (secondary N) is 2. The summed E-state index contributed by atoms with van der Waals surface area (Å²) in [4.78, 5) is 12.5. The van der Waals surface area contributed by atoms with E-state index in [-0.39, 0.29) is 5.91 Å². The molecule has 0 saturated heterocycles. The summed E-state index contributed by atoms with van der Waals surface area (Å²) in [5.41, 5.74) is 5.78. The number of carbonyl (C=O) groups excluding carboxylic acids is 1. The van der Waals surface area contributed by atoms with Gasteiger partial charge in [-0.2, -0.15) is 0 Å². The molecule has 0 aliphatic carbocycles. The van der Waals surface area contributed by atoms with Crippen LogP contribution in [0.15, 0.2) is 66.7 Å². The largest absolute Gasteiger partial charge is 0.495 e. The second-order valence-electron chi connectivity index (χ2n) is 6.58. The Morgan fingerprint density at radius 1 is 0.926 bits per heavy atom. The minimum Gasteiger partial charge on any atom is -0.495 e. The molecular weight excluding hydrogens is 336 g/mol.